The van der Waals surface area contributed by atoms with Crippen molar-refractivity contribution in [3.05, 3.63) is 58.5 Å². The number of hydrogen-bond acceptors (Lipinski definition) is 3. The van der Waals surface area contributed by atoms with Crippen LogP contribution in [-0.4, -0.2) is 4.57 Å². The van der Waals surface area contributed by atoms with Crippen molar-refractivity contribution in [3.63, 3.8) is 0 Å². The highest BCUT2D eigenvalue weighted by molar-refractivity contribution is 9.09. The number of fused-ring (bicyclic) bond motifs is 1. The molecule has 0 aliphatic carbocycles. The quantitative estimate of drug-likeness (QED) is 0.691. The summed E-state index contributed by atoms with van der Waals surface area (Å²) in [5.74, 6) is 0.496. The zero-order valence-corrected chi connectivity index (χ0v) is 11.9. The summed E-state index contributed by atoms with van der Waals surface area (Å²) in [6.07, 6.45) is 1.63. The van der Waals surface area contributed by atoms with Crippen LogP contribution in [0.15, 0.2) is 50.2 Å². The first-order valence-electron chi connectivity index (χ1n) is 6.01. The van der Waals surface area contributed by atoms with Gasteiger partial charge in [-0.1, -0.05) is 22.0 Å². The van der Waals surface area contributed by atoms with Gasteiger partial charge in [-0.15, -0.1) is 0 Å². The third kappa shape index (κ3) is 2.04. The van der Waals surface area contributed by atoms with Crippen molar-refractivity contribution in [1.29, 1.82) is 0 Å². The van der Waals surface area contributed by atoms with E-state index in [0.717, 1.165) is 16.8 Å². The summed E-state index contributed by atoms with van der Waals surface area (Å²) in [7, 11) is 0. The fourth-order valence-electron chi connectivity index (χ4n) is 2.14. The van der Waals surface area contributed by atoms with E-state index in [1.165, 1.54) is 0 Å². The van der Waals surface area contributed by atoms with E-state index in [9.17, 15) is 4.79 Å². The predicted molar refractivity (Wildman–Crippen MR) is 75.6 cm³/mol. The number of furan rings is 1. The van der Waals surface area contributed by atoms with E-state index in [-0.39, 0.29) is 10.6 Å². The summed E-state index contributed by atoms with van der Waals surface area (Å²) in [5.41, 5.74) is 2.40. The molecule has 3 aromatic rings. The predicted octanol–water partition coefficient (Wildman–Crippen LogP) is 3.69. The molecule has 1 unspecified atom stereocenters. The van der Waals surface area contributed by atoms with Crippen LogP contribution in [0, 0.1) is 0 Å². The number of alkyl halides is 1. The molecule has 98 valence electrons. The molecule has 1 atom stereocenters. The van der Waals surface area contributed by atoms with Gasteiger partial charge in [-0.3, -0.25) is 4.57 Å². The maximum absolute atomic E-state index is 11.6. The lowest BCUT2D eigenvalue weighted by Crippen LogP contribution is -2.11. The molecule has 1 aromatic carbocycles. The van der Waals surface area contributed by atoms with Gasteiger partial charge in [0.05, 0.1) is 16.6 Å². The van der Waals surface area contributed by atoms with Gasteiger partial charge < -0.3 is 8.83 Å². The molecule has 0 amide bonds. The molecule has 3 rings (SSSR count). The molecule has 0 saturated heterocycles. The van der Waals surface area contributed by atoms with Gasteiger partial charge in [-0.2, -0.15) is 0 Å². The van der Waals surface area contributed by atoms with E-state index in [4.69, 9.17) is 8.83 Å². The van der Waals surface area contributed by atoms with Crippen molar-refractivity contribution in [1.82, 2.24) is 4.57 Å². The number of nitrogens with zero attached hydrogens (tertiary/aromatic N) is 1. The van der Waals surface area contributed by atoms with Crippen LogP contribution in [0.4, 0.5) is 0 Å². The van der Waals surface area contributed by atoms with Gasteiger partial charge in [-0.05, 0) is 36.8 Å². The van der Waals surface area contributed by atoms with Crippen molar-refractivity contribution in [2.24, 2.45) is 0 Å². The number of oxazole rings is 1. The Balaban J connectivity index is 2.10. The Kier molecular flexibility index (Phi) is 3.06. The average Bonchev–Trinajstić information content (AvgIpc) is 3.03. The third-order valence-electron chi connectivity index (χ3n) is 3.09. The van der Waals surface area contributed by atoms with E-state index in [2.05, 4.69) is 15.9 Å². The lowest BCUT2D eigenvalue weighted by atomic mass is 10.1. The first kappa shape index (κ1) is 12.3. The second-order valence-electron chi connectivity index (χ2n) is 4.22. The standard InChI is InChI=1S/C14H12BrNO3/c1-2-16-10-6-5-9(8-12(10)19-14(16)17)13(15)11-4-3-7-18-11/h3-8,13H,2H2,1H3. The molecule has 2 aromatic heterocycles. The molecule has 5 heteroatoms. The van der Waals surface area contributed by atoms with Crippen LogP contribution in [0.1, 0.15) is 23.1 Å². The Morgan fingerprint density at radius 3 is 2.89 bits per heavy atom. The minimum absolute atomic E-state index is 0.0535. The van der Waals surface area contributed by atoms with E-state index < -0.39 is 0 Å². The topological polar surface area (TPSA) is 48.3 Å². The monoisotopic (exact) mass is 321 g/mol. The molecule has 0 aliphatic rings. The summed E-state index contributed by atoms with van der Waals surface area (Å²) < 4.78 is 12.2. The molecule has 2 heterocycles. The van der Waals surface area contributed by atoms with E-state index in [1.807, 2.05) is 37.3 Å². The Bertz CT molecular complexity index is 755. The summed E-state index contributed by atoms with van der Waals surface area (Å²) in [6, 6.07) is 9.47. The first-order chi connectivity index (χ1) is 9.20. The molecule has 0 radical (unpaired) electrons. The minimum atomic E-state index is -0.321. The van der Waals surface area contributed by atoms with Crippen molar-refractivity contribution in [2.45, 2.75) is 18.3 Å². The normalized spacial score (nSPS) is 12.9. The second kappa shape index (κ2) is 4.74. The van der Waals surface area contributed by atoms with Gasteiger partial charge in [0.1, 0.15) is 5.76 Å². The van der Waals surface area contributed by atoms with Crippen LogP contribution >= 0.6 is 15.9 Å². The molecule has 0 bridgehead atoms. The maximum Gasteiger partial charge on any atom is 0.419 e. The third-order valence-corrected chi connectivity index (χ3v) is 4.07. The van der Waals surface area contributed by atoms with Crippen molar-refractivity contribution in [2.75, 3.05) is 0 Å². The van der Waals surface area contributed by atoms with Gasteiger partial charge in [0.2, 0.25) is 0 Å². The number of hydrogen-bond donors (Lipinski definition) is 0. The fourth-order valence-corrected chi connectivity index (χ4v) is 2.69. The van der Waals surface area contributed by atoms with Gasteiger partial charge in [0.15, 0.2) is 5.58 Å². The van der Waals surface area contributed by atoms with Crippen LogP contribution in [0.5, 0.6) is 0 Å². The molecular formula is C14H12BrNO3. The highest BCUT2D eigenvalue weighted by atomic mass is 79.9. The molecule has 0 aliphatic heterocycles. The number of halogens is 1. The lowest BCUT2D eigenvalue weighted by Gasteiger charge is -2.07. The molecule has 0 fully saturated rings. The van der Waals surface area contributed by atoms with E-state index >= 15 is 0 Å². The fraction of sp³-hybridized carbons (Fsp3) is 0.214. The minimum Gasteiger partial charge on any atom is -0.468 e. The molecule has 0 saturated carbocycles. The zero-order valence-electron chi connectivity index (χ0n) is 10.3. The van der Waals surface area contributed by atoms with Crippen LogP contribution in [0.2, 0.25) is 0 Å². The summed E-state index contributed by atoms with van der Waals surface area (Å²) in [5, 5.41) is 0. The maximum atomic E-state index is 11.6. The number of benzene rings is 1. The van der Waals surface area contributed by atoms with Crippen molar-refractivity contribution >= 4 is 27.0 Å². The highest BCUT2D eigenvalue weighted by Gasteiger charge is 2.15. The van der Waals surface area contributed by atoms with Crippen molar-refractivity contribution in [3.8, 4) is 0 Å². The largest absolute Gasteiger partial charge is 0.468 e. The highest BCUT2D eigenvalue weighted by Crippen LogP contribution is 2.32. The molecular weight excluding hydrogens is 310 g/mol. The SMILES string of the molecule is CCn1c(=O)oc2cc(C(Br)c3ccco3)ccc21. The first-order valence-corrected chi connectivity index (χ1v) is 6.93. The molecule has 0 N–H and O–H groups in total. The van der Waals surface area contributed by atoms with Crippen LogP contribution in [0.25, 0.3) is 11.1 Å². The van der Waals surface area contributed by atoms with E-state index in [0.29, 0.717) is 12.1 Å². The van der Waals surface area contributed by atoms with Crippen LogP contribution < -0.4 is 5.76 Å². The summed E-state index contributed by atoms with van der Waals surface area (Å²) in [6.45, 7) is 2.52. The second-order valence-corrected chi connectivity index (χ2v) is 5.13. The summed E-state index contributed by atoms with van der Waals surface area (Å²) >= 11 is 3.58. The van der Waals surface area contributed by atoms with Gasteiger partial charge >= 0.3 is 5.76 Å². The molecule has 4 nitrogen and oxygen atoms in total. The lowest BCUT2D eigenvalue weighted by molar-refractivity contribution is 0.512. The van der Waals surface area contributed by atoms with Gasteiger partial charge in [0.25, 0.3) is 0 Å². The van der Waals surface area contributed by atoms with Crippen molar-refractivity contribution < 1.29 is 8.83 Å². The Morgan fingerprint density at radius 1 is 1.37 bits per heavy atom. The smallest absolute Gasteiger partial charge is 0.419 e. The Hall–Kier alpha value is -1.75. The number of aryl methyl sites for hydroxylation is 1. The van der Waals surface area contributed by atoms with Gasteiger partial charge in [0, 0.05) is 6.54 Å². The Morgan fingerprint density at radius 2 is 2.21 bits per heavy atom. The number of rotatable bonds is 3. The Labute approximate surface area is 117 Å². The number of aromatic nitrogens is 1. The molecule has 19 heavy (non-hydrogen) atoms. The van der Waals surface area contributed by atoms with Gasteiger partial charge in [-0.25, -0.2) is 4.79 Å². The van der Waals surface area contributed by atoms with Crippen LogP contribution in [-0.2, 0) is 6.54 Å². The zero-order chi connectivity index (χ0) is 13.4. The van der Waals surface area contributed by atoms with E-state index in [1.54, 1.807) is 10.8 Å². The van der Waals surface area contributed by atoms with Crippen LogP contribution in [0.3, 0.4) is 0 Å². The summed E-state index contributed by atoms with van der Waals surface area (Å²) in [4.78, 5) is 11.6. The molecule has 0 spiro atoms. The average molecular weight is 322 g/mol.